The molecule has 0 saturated heterocycles. The van der Waals surface area contributed by atoms with Crippen LogP contribution >= 0.6 is 0 Å². The summed E-state index contributed by atoms with van der Waals surface area (Å²) in [6, 6.07) is 7.93. The Kier molecular flexibility index (Phi) is 5.20. The number of anilines is 1. The van der Waals surface area contributed by atoms with E-state index in [1.54, 1.807) is 12.2 Å². The van der Waals surface area contributed by atoms with Gasteiger partial charge in [-0.3, -0.25) is 14.9 Å². The van der Waals surface area contributed by atoms with Crippen LogP contribution in [0, 0.1) is 10.1 Å². The van der Waals surface area contributed by atoms with Crippen LogP contribution in [0.5, 0.6) is 0 Å². The number of ketones is 1. The van der Waals surface area contributed by atoms with Crippen molar-refractivity contribution in [3.63, 3.8) is 0 Å². The summed E-state index contributed by atoms with van der Waals surface area (Å²) in [6.07, 6.45) is 5.73. The average molecular weight is 382 g/mol. The molecule has 1 heterocycles. The lowest BCUT2D eigenvalue weighted by Gasteiger charge is -2.26. The molecule has 146 valence electrons. The van der Waals surface area contributed by atoms with Gasteiger partial charge in [-0.1, -0.05) is 32.0 Å². The van der Waals surface area contributed by atoms with Crippen LogP contribution < -0.4 is 4.90 Å². The van der Waals surface area contributed by atoms with Crippen molar-refractivity contribution in [2.45, 2.75) is 19.3 Å². The molecule has 2 aliphatic rings. The van der Waals surface area contributed by atoms with Gasteiger partial charge in [0, 0.05) is 35.0 Å². The number of nitrogens with zero attached hydrogens (tertiary/aromatic N) is 2. The van der Waals surface area contributed by atoms with Crippen molar-refractivity contribution in [2.24, 2.45) is 0 Å². The molecule has 0 atom stereocenters. The Morgan fingerprint density at radius 1 is 1.25 bits per heavy atom. The van der Waals surface area contributed by atoms with Crippen molar-refractivity contribution in [3.05, 3.63) is 87.0 Å². The number of hydrogen-bond donors (Lipinski definition) is 1. The van der Waals surface area contributed by atoms with Gasteiger partial charge in [0.05, 0.1) is 24.7 Å². The van der Waals surface area contributed by atoms with Gasteiger partial charge in [-0.15, -0.1) is 0 Å². The summed E-state index contributed by atoms with van der Waals surface area (Å²) in [5, 5.41) is 20.7. The smallest absolute Gasteiger partial charge is 0.274 e. The lowest BCUT2D eigenvalue weighted by molar-refractivity contribution is -0.419. The van der Waals surface area contributed by atoms with Gasteiger partial charge in [-0.2, -0.15) is 0 Å². The Bertz CT molecular complexity index is 953. The highest BCUT2D eigenvalue weighted by Crippen LogP contribution is 2.47. The first-order chi connectivity index (χ1) is 13.3. The second-order valence-corrected chi connectivity index (χ2v) is 7.06. The van der Waals surface area contributed by atoms with Crippen molar-refractivity contribution >= 4 is 11.5 Å². The van der Waals surface area contributed by atoms with Crippen molar-refractivity contribution in [1.29, 1.82) is 0 Å². The fourth-order valence-electron chi connectivity index (χ4n) is 3.64. The number of aliphatic hydroxyl groups excluding tert-OH is 1. The van der Waals surface area contributed by atoms with Crippen LogP contribution in [0.3, 0.4) is 0 Å². The lowest BCUT2D eigenvalue weighted by atomic mass is 9.83. The average Bonchev–Trinajstić information content (AvgIpc) is 2.88. The number of para-hydroxylation sites is 1. The number of β-amino-alcohol motifs (C(OH)–C–C–N with tert-alkyl or cyclic N) is 1. The summed E-state index contributed by atoms with van der Waals surface area (Å²) < 4.78 is 5.00. The SMILES string of the molecule is COC1=CC([N+](=O)[O-])=C/C(=C/C=C2\N(CCO)c3ccccc3C2(C)C)C1=O. The lowest BCUT2D eigenvalue weighted by Crippen LogP contribution is -2.28. The van der Waals surface area contributed by atoms with Gasteiger partial charge in [-0.05, 0) is 23.8 Å². The Hall–Kier alpha value is -3.19. The third kappa shape index (κ3) is 3.25. The Labute approximate surface area is 163 Å². The highest BCUT2D eigenvalue weighted by Gasteiger charge is 2.39. The number of carbonyl (C=O) groups excluding carboxylic acids is 1. The normalized spacial score (nSPS) is 20.9. The van der Waals surface area contributed by atoms with Gasteiger partial charge < -0.3 is 14.7 Å². The van der Waals surface area contributed by atoms with E-state index in [0.29, 0.717) is 6.54 Å². The molecule has 7 nitrogen and oxygen atoms in total. The second-order valence-electron chi connectivity index (χ2n) is 7.06. The molecule has 0 amide bonds. The molecule has 1 aliphatic heterocycles. The molecule has 3 rings (SSSR count). The summed E-state index contributed by atoms with van der Waals surface area (Å²) in [7, 11) is 1.31. The Morgan fingerprint density at radius 2 is 1.96 bits per heavy atom. The van der Waals surface area contributed by atoms with E-state index in [9.17, 15) is 20.0 Å². The predicted molar refractivity (Wildman–Crippen MR) is 105 cm³/mol. The van der Waals surface area contributed by atoms with Crippen LogP contribution in [0.4, 0.5) is 5.69 Å². The summed E-state index contributed by atoms with van der Waals surface area (Å²) in [4.78, 5) is 25.1. The standard InChI is InChI=1S/C21H22N2O5/c1-21(2)16-6-4-5-7-17(16)22(10-11-24)19(21)9-8-14-12-15(23(26)27)13-18(28-3)20(14)25/h4-9,12-13,24H,10-11H2,1-3H3/b14-8-,19-9-. The van der Waals surface area contributed by atoms with Gasteiger partial charge >= 0.3 is 0 Å². The predicted octanol–water partition coefficient (Wildman–Crippen LogP) is 2.86. The maximum absolute atomic E-state index is 12.5. The van der Waals surface area contributed by atoms with Crippen LogP contribution in [0.2, 0.25) is 0 Å². The first kappa shape index (κ1) is 19.6. The zero-order valence-electron chi connectivity index (χ0n) is 16.0. The number of carbonyl (C=O) groups is 1. The molecule has 0 saturated carbocycles. The monoisotopic (exact) mass is 382 g/mol. The minimum Gasteiger partial charge on any atom is -0.492 e. The number of rotatable bonds is 5. The van der Waals surface area contributed by atoms with Gasteiger partial charge in [0.15, 0.2) is 5.76 Å². The van der Waals surface area contributed by atoms with Crippen LogP contribution in [-0.2, 0) is 14.9 Å². The molecular formula is C21H22N2O5. The Morgan fingerprint density at radius 3 is 2.61 bits per heavy atom. The summed E-state index contributed by atoms with van der Waals surface area (Å²) >= 11 is 0. The molecule has 7 heteroatoms. The van der Waals surface area contributed by atoms with Gasteiger partial charge in [0.25, 0.3) is 5.70 Å². The third-order valence-corrected chi connectivity index (χ3v) is 5.04. The highest BCUT2D eigenvalue weighted by atomic mass is 16.6. The second kappa shape index (κ2) is 7.44. The number of benzene rings is 1. The molecule has 0 bridgehead atoms. The number of Topliss-reactive ketones (excluding diaryl/α,β-unsaturated/α-hetero) is 1. The summed E-state index contributed by atoms with van der Waals surface area (Å²) in [6.45, 7) is 4.51. The van der Waals surface area contributed by atoms with Gasteiger partial charge in [-0.25, -0.2) is 0 Å². The summed E-state index contributed by atoms with van der Waals surface area (Å²) in [5.41, 5.74) is 2.63. The number of fused-ring (bicyclic) bond motifs is 1. The fourth-order valence-corrected chi connectivity index (χ4v) is 3.64. The number of methoxy groups -OCH3 is 1. The molecule has 0 unspecified atom stereocenters. The Balaban J connectivity index is 2.08. The van der Waals surface area contributed by atoms with E-state index in [1.807, 2.05) is 29.2 Å². The molecule has 0 fully saturated rings. The zero-order valence-corrected chi connectivity index (χ0v) is 16.0. The fraction of sp³-hybridized carbons (Fsp3) is 0.286. The van der Waals surface area contributed by atoms with E-state index in [2.05, 4.69) is 13.8 Å². The van der Waals surface area contributed by atoms with E-state index in [0.717, 1.165) is 23.0 Å². The number of nitro groups is 1. The van der Waals surface area contributed by atoms with E-state index in [4.69, 9.17) is 4.74 Å². The molecule has 0 aromatic heterocycles. The molecule has 0 radical (unpaired) electrons. The topological polar surface area (TPSA) is 92.9 Å². The molecule has 1 N–H and O–H groups in total. The number of ether oxygens (including phenoxy) is 1. The maximum atomic E-state index is 12.5. The molecule has 1 aromatic rings. The first-order valence-electron chi connectivity index (χ1n) is 8.88. The van der Waals surface area contributed by atoms with Crippen LogP contribution in [-0.4, -0.2) is 36.1 Å². The quantitative estimate of drug-likeness (QED) is 0.478. The van der Waals surface area contributed by atoms with Crippen molar-refractivity contribution in [3.8, 4) is 0 Å². The maximum Gasteiger partial charge on any atom is 0.274 e. The number of allylic oxidation sites excluding steroid dienone is 6. The minimum atomic E-state index is -0.556. The van der Waals surface area contributed by atoms with Crippen LogP contribution in [0.15, 0.2) is 71.3 Å². The minimum absolute atomic E-state index is 0.0286. The molecule has 28 heavy (non-hydrogen) atoms. The van der Waals surface area contributed by atoms with E-state index >= 15 is 0 Å². The van der Waals surface area contributed by atoms with Gasteiger partial charge in [0.2, 0.25) is 5.78 Å². The zero-order chi connectivity index (χ0) is 20.5. The van der Waals surface area contributed by atoms with Crippen LogP contribution in [0.1, 0.15) is 19.4 Å². The van der Waals surface area contributed by atoms with Gasteiger partial charge in [0.1, 0.15) is 0 Å². The highest BCUT2D eigenvalue weighted by molar-refractivity contribution is 6.10. The van der Waals surface area contributed by atoms with E-state index < -0.39 is 10.7 Å². The largest absolute Gasteiger partial charge is 0.492 e. The molecule has 0 spiro atoms. The van der Waals surface area contributed by atoms with E-state index in [-0.39, 0.29) is 29.1 Å². The van der Waals surface area contributed by atoms with Crippen molar-refractivity contribution in [1.82, 2.24) is 0 Å². The third-order valence-electron chi connectivity index (χ3n) is 5.04. The number of aliphatic hydroxyl groups is 1. The molecular weight excluding hydrogens is 360 g/mol. The first-order valence-corrected chi connectivity index (χ1v) is 8.88. The summed E-state index contributed by atoms with van der Waals surface area (Å²) in [5.74, 6) is -0.480. The molecule has 1 aromatic carbocycles. The van der Waals surface area contributed by atoms with E-state index in [1.165, 1.54) is 13.2 Å². The van der Waals surface area contributed by atoms with Crippen LogP contribution in [0.25, 0.3) is 0 Å². The van der Waals surface area contributed by atoms with Crippen molar-refractivity contribution in [2.75, 3.05) is 25.2 Å². The number of hydrogen-bond acceptors (Lipinski definition) is 6. The molecule has 1 aliphatic carbocycles. The van der Waals surface area contributed by atoms with Crippen molar-refractivity contribution < 1.29 is 19.6 Å².